The van der Waals surface area contributed by atoms with Gasteiger partial charge in [-0.25, -0.2) is 0 Å². The van der Waals surface area contributed by atoms with E-state index >= 15 is 0 Å². The van der Waals surface area contributed by atoms with Crippen molar-refractivity contribution in [3.8, 4) is 56.0 Å². The van der Waals surface area contributed by atoms with Gasteiger partial charge in [0.05, 0.1) is 0 Å². The van der Waals surface area contributed by atoms with E-state index < -0.39 is 7.92 Å². The first-order chi connectivity index (χ1) is 28.5. The number of aryl methyl sites for hydroxylation is 3. The summed E-state index contributed by atoms with van der Waals surface area (Å²) in [6.45, 7) is 41.1. The van der Waals surface area contributed by atoms with E-state index in [0.29, 0.717) is 23.3 Å². The lowest BCUT2D eigenvalue weighted by molar-refractivity contribution is 0.478. The Kier molecular flexibility index (Phi) is 15.9. The number of hydrogen-bond acceptors (Lipinski definition) is 2. The Morgan fingerprint density at radius 3 is 0.967 bits per heavy atom. The summed E-state index contributed by atoms with van der Waals surface area (Å²) in [6, 6.07) is 23.0. The van der Waals surface area contributed by atoms with Crippen LogP contribution in [0, 0.1) is 20.8 Å². The first kappa shape index (κ1) is 48.6. The van der Waals surface area contributed by atoms with Gasteiger partial charge in [-0.15, -0.1) is 7.92 Å². The molecule has 0 saturated carbocycles. The van der Waals surface area contributed by atoms with Crippen LogP contribution in [0.2, 0.25) is 0 Å². The van der Waals surface area contributed by atoms with Crippen molar-refractivity contribution < 1.29 is 10.2 Å². The van der Waals surface area contributed by atoms with Gasteiger partial charge in [0.15, 0.2) is 0 Å². The van der Waals surface area contributed by atoms with Gasteiger partial charge in [0.25, 0.3) is 0 Å². The number of hydrogen-bond donors (Lipinski definition) is 2. The molecule has 1 unspecified atom stereocenters. The average Bonchev–Trinajstić information content (AvgIpc) is 3.17. The van der Waals surface area contributed by atoms with E-state index in [1.807, 2.05) is 0 Å². The minimum absolute atomic E-state index is 0.00496. The van der Waals surface area contributed by atoms with Crippen LogP contribution >= 0.6 is 15.8 Å². The minimum Gasteiger partial charge on any atom is -0.507 e. The molecule has 0 radical (unpaired) electrons. The standard InChI is InChI=1S/C57H78O2P2/c1-32(2)41-28-43(34(5)6)53(44(29-41)35(7)8)51-26-38(13)22-47(55(51)58)49-24-40(15)25-50(57(49)61(18)21-19-20-60(16)17)48-23-39(14)27-52(56(48)59)54-45(36(9)10)30-42(33(3)4)31-46(54)37(11)12/h22-37,58-59H,19-21H2,1-18H3. The highest BCUT2D eigenvalue weighted by molar-refractivity contribution is 7.65. The zero-order chi connectivity index (χ0) is 45.4. The van der Waals surface area contributed by atoms with Crippen LogP contribution in [0.5, 0.6) is 11.5 Å². The maximum absolute atomic E-state index is 12.9. The van der Waals surface area contributed by atoms with E-state index in [9.17, 15) is 10.2 Å². The molecule has 0 saturated heterocycles. The van der Waals surface area contributed by atoms with Crippen molar-refractivity contribution in [1.29, 1.82) is 0 Å². The molecular formula is C57H78O2P2. The topological polar surface area (TPSA) is 40.5 Å². The SMILES string of the molecule is Cc1cc(-c2cc(C)cc(-c3cc(C)cc(-c4c(C(C)C)cc(C(C)C)cc4C(C)C)c3O)c2P(C)CCCP(C)C)c(O)c(-c2c(C(C)C)cc(C(C)C)cc2C(C)C)c1. The molecular weight excluding hydrogens is 779 g/mol. The molecule has 0 aliphatic heterocycles. The fourth-order valence-corrected chi connectivity index (χ4v) is 12.3. The van der Waals surface area contributed by atoms with Crippen molar-refractivity contribution in [1.82, 2.24) is 0 Å². The molecule has 0 bridgehead atoms. The predicted molar refractivity (Wildman–Crippen MR) is 276 cm³/mol. The summed E-state index contributed by atoms with van der Waals surface area (Å²) in [7, 11) is -0.686. The molecule has 61 heavy (non-hydrogen) atoms. The Bertz CT molecular complexity index is 2150. The van der Waals surface area contributed by atoms with Crippen LogP contribution in [-0.4, -0.2) is 42.5 Å². The van der Waals surface area contributed by atoms with Gasteiger partial charge in [-0.1, -0.05) is 127 Å². The molecule has 1 atom stereocenters. The Labute approximate surface area is 374 Å². The Morgan fingerprint density at radius 2 is 0.689 bits per heavy atom. The Balaban J connectivity index is 1.91. The fraction of sp³-hybridized carbons (Fsp3) is 0.474. The first-order valence-electron chi connectivity index (χ1n) is 23.1. The van der Waals surface area contributed by atoms with Gasteiger partial charge in [-0.05, 0) is 197 Å². The second-order valence-corrected chi connectivity index (χ2v) is 25.2. The highest BCUT2D eigenvalue weighted by Crippen LogP contribution is 2.51. The molecule has 0 aliphatic rings. The molecule has 2 nitrogen and oxygen atoms in total. The highest BCUT2D eigenvalue weighted by Gasteiger charge is 2.28. The third-order valence-corrected chi connectivity index (χ3v) is 16.1. The number of phenolic OH excluding ortho intramolecular Hbond substituents is 2. The zero-order valence-electron chi connectivity index (χ0n) is 41.1. The van der Waals surface area contributed by atoms with Gasteiger partial charge < -0.3 is 10.2 Å². The lowest BCUT2D eigenvalue weighted by Crippen LogP contribution is -2.13. The summed E-state index contributed by atoms with van der Waals surface area (Å²) >= 11 is 0. The van der Waals surface area contributed by atoms with Crippen molar-refractivity contribution in [2.75, 3.05) is 32.3 Å². The van der Waals surface area contributed by atoms with Gasteiger partial charge >= 0.3 is 0 Å². The monoisotopic (exact) mass is 857 g/mol. The molecule has 5 aromatic rings. The van der Waals surface area contributed by atoms with Gasteiger partial charge in [0, 0.05) is 22.3 Å². The van der Waals surface area contributed by atoms with E-state index in [-0.39, 0.29) is 31.6 Å². The third kappa shape index (κ3) is 10.5. The molecule has 5 aromatic carbocycles. The molecule has 2 N–H and O–H groups in total. The molecule has 0 heterocycles. The van der Waals surface area contributed by atoms with Crippen LogP contribution in [0.3, 0.4) is 0 Å². The summed E-state index contributed by atoms with van der Waals surface area (Å²) in [6.07, 6.45) is 3.50. The van der Waals surface area contributed by atoms with Crippen LogP contribution in [-0.2, 0) is 0 Å². The van der Waals surface area contributed by atoms with Crippen molar-refractivity contribution >= 4 is 21.1 Å². The van der Waals surface area contributed by atoms with Crippen molar-refractivity contribution in [2.45, 2.75) is 146 Å². The maximum atomic E-state index is 12.9. The first-order valence-corrected chi connectivity index (χ1v) is 27.5. The van der Waals surface area contributed by atoms with Gasteiger partial charge in [-0.2, -0.15) is 0 Å². The van der Waals surface area contributed by atoms with Crippen molar-refractivity contribution in [3.63, 3.8) is 0 Å². The normalized spacial score (nSPS) is 12.7. The summed E-state index contributed by atoms with van der Waals surface area (Å²) in [4.78, 5) is 0. The quantitative estimate of drug-likeness (QED) is 0.103. The number of aromatic hydroxyl groups is 2. The number of benzene rings is 5. The lowest BCUT2D eigenvalue weighted by atomic mass is 9.80. The van der Waals surface area contributed by atoms with Crippen molar-refractivity contribution in [3.05, 3.63) is 111 Å². The van der Waals surface area contributed by atoms with Gasteiger partial charge in [0.2, 0.25) is 0 Å². The van der Waals surface area contributed by atoms with Gasteiger partial charge in [-0.3, -0.25) is 0 Å². The smallest absolute Gasteiger partial charge is 0.131 e. The number of rotatable bonds is 15. The molecule has 0 amide bonds. The van der Waals surface area contributed by atoms with Crippen molar-refractivity contribution in [2.24, 2.45) is 0 Å². The molecule has 0 spiro atoms. The van der Waals surface area contributed by atoms with Crippen LogP contribution in [0.25, 0.3) is 44.5 Å². The van der Waals surface area contributed by atoms with E-state index in [4.69, 9.17) is 0 Å². The molecule has 0 aromatic heterocycles. The lowest BCUT2D eigenvalue weighted by Gasteiger charge is -2.27. The largest absolute Gasteiger partial charge is 0.507 e. The Hall–Kier alpha value is -3.44. The summed E-state index contributed by atoms with van der Waals surface area (Å²) in [5.74, 6) is 2.66. The van der Waals surface area contributed by atoms with E-state index in [1.54, 1.807) is 0 Å². The molecule has 4 heteroatoms. The highest BCUT2D eigenvalue weighted by atomic mass is 31.1. The van der Waals surface area contributed by atoms with Gasteiger partial charge in [0.1, 0.15) is 11.5 Å². The number of phenols is 2. The third-order valence-electron chi connectivity index (χ3n) is 12.6. The molecule has 5 rings (SSSR count). The van der Waals surface area contributed by atoms with E-state index in [1.165, 1.54) is 62.4 Å². The second-order valence-electron chi connectivity index (χ2n) is 20.3. The minimum atomic E-state index is -0.681. The van der Waals surface area contributed by atoms with E-state index in [0.717, 1.165) is 56.2 Å². The van der Waals surface area contributed by atoms with Crippen LogP contribution < -0.4 is 5.30 Å². The zero-order valence-corrected chi connectivity index (χ0v) is 42.9. The van der Waals surface area contributed by atoms with Crippen LogP contribution in [0.15, 0.2) is 60.7 Å². The molecule has 0 fully saturated rings. The van der Waals surface area contributed by atoms with E-state index in [2.05, 4.69) is 185 Å². The fourth-order valence-electron chi connectivity index (χ4n) is 9.22. The predicted octanol–water partition coefficient (Wildman–Crippen LogP) is 17.3. The average molecular weight is 857 g/mol. The van der Waals surface area contributed by atoms with Crippen LogP contribution in [0.1, 0.15) is 175 Å². The maximum Gasteiger partial charge on any atom is 0.131 e. The molecule has 328 valence electrons. The summed E-state index contributed by atoms with van der Waals surface area (Å²) in [5, 5.41) is 27.1. The summed E-state index contributed by atoms with van der Waals surface area (Å²) in [5.41, 5.74) is 19.4. The Morgan fingerprint density at radius 1 is 0.393 bits per heavy atom. The van der Waals surface area contributed by atoms with Crippen LogP contribution in [0.4, 0.5) is 0 Å². The summed E-state index contributed by atoms with van der Waals surface area (Å²) < 4.78 is 0. The molecule has 0 aliphatic carbocycles. The second kappa shape index (κ2) is 19.9.